The van der Waals surface area contributed by atoms with Crippen molar-refractivity contribution in [2.45, 2.75) is 24.3 Å². The SMILES string of the molecule is O=C1NC(=O)C(C2(c3ccc(F)cc3F)CC2)N1. The van der Waals surface area contributed by atoms with Gasteiger partial charge >= 0.3 is 6.03 Å². The van der Waals surface area contributed by atoms with Gasteiger partial charge in [-0.05, 0) is 24.5 Å². The maximum atomic E-state index is 13.8. The number of nitrogens with one attached hydrogen (secondary N) is 2. The summed E-state index contributed by atoms with van der Waals surface area (Å²) in [4.78, 5) is 22.7. The minimum atomic E-state index is -0.773. The van der Waals surface area contributed by atoms with Gasteiger partial charge in [0.05, 0.1) is 0 Å². The standard InChI is InChI=1S/C12H10F2N2O2/c13-6-1-2-7(8(14)5-6)12(3-4-12)9-10(17)16-11(18)15-9/h1-2,5,9H,3-4H2,(H2,15,16,17,18). The monoisotopic (exact) mass is 252 g/mol. The summed E-state index contributed by atoms with van der Waals surface area (Å²) in [6.07, 6.45) is 1.18. The lowest BCUT2D eigenvalue weighted by Crippen LogP contribution is -2.41. The molecule has 1 saturated carbocycles. The van der Waals surface area contributed by atoms with E-state index in [2.05, 4.69) is 10.6 Å². The number of amides is 3. The molecule has 0 spiro atoms. The van der Waals surface area contributed by atoms with Gasteiger partial charge in [-0.1, -0.05) is 6.07 Å². The summed E-state index contributed by atoms with van der Waals surface area (Å²) in [7, 11) is 0. The van der Waals surface area contributed by atoms with Crippen molar-refractivity contribution in [2.24, 2.45) is 0 Å². The summed E-state index contributed by atoms with van der Waals surface area (Å²) in [5.41, 5.74) is -0.445. The van der Waals surface area contributed by atoms with Crippen LogP contribution >= 0.6 is 0 Å². The zero-order valence-electron chi connectivity index (χ0n) is 9.30. The molecule has 1 aromatic carbocycles. The number of benzene rings is 1. The van der Waals surface area contributed by atoms with Crippen LogP contribution in [0.5, 0.6) is 0 Å². The molecule has 1 aromatic rings. The third-order valence-electron chi connectivity index (χ3n) is 3.58. The molecule has 1 unspecified atom stereocenters. The van der Waals surface area contributed by atoms with Gasteiger partial charge in [0.15, 0.2) is 0 Å². The second-order valence-electron chi connectivity index (χ2n) is 4.68. The lowest BCUT2D eigenvalue weighted by Gasteiger charge is -2.21. The fourth-order valence-corrected chi connectivity index (χ4v) is 2.55. The predicted molar refractivity (Wildman–Crippen MR) is 57.7 cm³/mol. The highest BCUT2D eigenvalue weighted by atomic mass is 19.1. The largest absolute Gasteiger partial charge is 0.325 e. The summed E-state index contributed by atoms with van der Waals surface area (Å²) in [6.45, 7) is 0. The summed E-state index contributed by atoms with van der Waals surface area (Å²) in [6, 6.07) is 1.95. The Hall–Kier alpha value is -1.98. The molecule has 1 saturated heterocycles. The van der Waals surface area contributed by atoms with Crippen molar-refractivity contribution in [3.63, 3.8) is 0 Å². The lowest BCUT2D eigenvalue weighted by atomic mass is 9.87. The fourth-order valence-electron chi connectivity index (χ4n) is 2.55. The van der Waals surface area contributed by atoms with Gasteiger partial charge in [0, 0.05) is 11.5 Å². The Labute approximate surface area is 101 Å². The fraction of sp³-hybridized carbons (Fsp3) is 0.333. The average molecular weight is 252 g/mol. The number of carbonyl (C=O) groups is 2. The van der Waals surface area contributed by atoms with Crippen molar-refractivity contribution in [3.8, 4) is 0 Å². The van der Waals surface area contributed by atoms with Crippen LogP contribution in [0.1, 0.15) is 18.4 Å². The van der Waals surface area contributed by atoms with Crippen molar-refractivity contribution < 1.29 is 18.4 Å². The zero-order valence-corrected chi connectivity index (χ0v) is 9.30. The molecule has 4 nitrogen and oxygen atoms in total. The third-order valence-corrected chi connectivity index (χ3v) is 3.58. The van der Waals surface area contributed by atoms with Crippen LogP contribution in [0.4, 0.5) is 13.6 Å². The minimum Gasteiger partial charge on any atom is -0.325 e. The van der Waals surface area contributed by atoms with Crippen LogP contribution in [-0.2, 0) is 10.2 Å². The molecule has 1 atom stereocenters. The van der Waals surface area contributed by atoms with Crippen LogP contribution in [0.3, 0.4) is 0 Å². The number of carbonyl (C=O) groups excluding carboxylic acids is 2. The first-order valence-corrected chi connectivity index (χ1v) is 5.60. The highest BCUT2D eigenvalue weighted by Gasteiger charge is 2.57. The first-order chi connectivity index (χ1) is 8.53. The Bertz CT molecular complexity index is 555. The van der Waals surface area contributed by atoms with Gasteiger partial charge in [-0.3, -0.25) is 10.1 Å². The van der Waals surface area contributed by atoms with Crippen molar-refractivity contribution in [3.05, 3.63) is 35.4 Å². The van der Waals surface area contributed by atoms with Gasteiger partial charge in [0.25, 0.3) is 5.91 Å². The topological polar surface area (TPSA) is 58.2 Å². The molecule has 0 aromatic heterocycles. The van der Waals surface area contributed by atoms with E-state index in [9.17, 15) is 18.4 Å². The highest BCUT2D eigenvalue weighted by Crippen LogP contribution is 2.52. The highest BCUT2D eigenvalue weighted by molar-refractivity contribution is 6.05. The number of rotatable bonds is 2. The summed E-state index contributed by atoms with van der Waals surface area (Å²) < 4.78 is 26.7. The van der Waals surface area contributed by atoms with Crippen LogP contribution in [-0.4, -0.2) is 18.0 Å². The van der Waals surface area contributed by atoms with E-state index in [-0.39, 0.29) is 5.56 Å². The molecule has 1 aliphatic heterocycles. The summed E-state index contributed by atoms with van der Waals surface area (Å²) in [5.74, 6) is -1.80. The molecule has 3 rings (SSSR count). The Morgan fingerprint density at radius 3 is 2.44 bits per heavy atom. The molecule has 0 bridgehead atoms. The van der Waals surface area contributed by atoms with E-state index >= 15 is 0 Å². The van der Waals surface area contributed by atoms with Crippen LogP contribution in [0, 0.1) is 11.6 Å². The number of imide groups is 1. The number of urea groups is 1. The first kappa shape index (κ1) is 11.1. The first-order valence-electron chi connectivity index (χ1n) is 5.60. The Morgan fingerprint density at radius 1 is 1.22 bits per heavy atom. The molecule has 2 fully saturated rings. The van der Waals surface area contributed by atoms with E-state index in [1.165, 1.54) is 6.07 Å². The minimum absolute atomic E-state index is 0.284. The molecular formula is C12H10F2N2O2. The molecule has 3 amide bonds. The van der Waals surface area contributed by atoms with E-state index in [0.29, 0.717) is 12.8 Å². The number of hydrogen-bond acceptors (Lipinski definition) is 2. The maximum absolute atomic E-state index is 13.8. The zero-order chi connectivity index (χ0) is 12.9. The van der Waals surface area contributed by atoms with Crippen molar-refractivity contribution >= 4 is 11.9 Å². The molecule has 1 heterocycles. The summed E-state index contributed by atoms with van der Waals surface area (Å²) >= 11 is 0. The van der Waals surface area contributed by atoms with Gasteiger partial charge < -0.3 is 5.32 Å². The molecule has 1 aliphatic carbocycles. The normalized spacial score (nSPS) is 24.7. The molecule has 2 aliphatic rings. The van der Waals surface area contributed by atoms with E-state index in [4.69, 9.17) is 0 Å². The van der Waals surface area contributed by atoms with Gasteiger partial charge in [0.2, 0.25) is 0 Å². The van der Waals surface area contributed by atoms with Crippen LogP contribution in [0.2, 0.25) is 0 Å². The number of hydrogen-bond donors (Lipinski definition) is 2. The Balaban J connectivity index is 2.00. The van der Waals surface area contributed by atoms with Crippen LogP contribution in [0.25, 0.3) is 0 Å². The van der Waals surface area contributed by atoms with Gasteiger partial charge in [-0.25, -0.2) is 13.6 Å². The second-order valence-corrected chi connectivity index (χ2v) is 4.68. The third kappa shape index (κ3) is 1.48. The molecule has 18 heavy (non-hydrogen) atoms. The molecule has 0 radical (unpaired) electrons. The van der Waals surface area contributed by atoms with Crippen molar-refractivity contribution in [2.75, 3.05) is 0 Å². The Kier molecular flexibility index (Phi) is 2.17. The van der Waals surface area contributed by atoms with Gasteiger partial charge in [0.1, 0.15) is 17.7 Å². The van der Waals surface area contributed by atoms with E-state index in [0.717, 1.165) is 12.1 Å². The number of halogens is 2. The lowest BCUT2D eigenvalue weighted by molar-refractivity contribution is -0.120. The molecule has 2 N–H and O–H groups in total. The molecule has 6 heteroatoms. The van der Waals surface area contributed by atoms with E-state index in [1.54, 1.807) is 0 Å². The molecule has 94 valence electrons. The van der Waals surface area contributed by atoms with E-state index in [1.807, 2.05) is 0 Å². The van der Waals surface area contributed by atoms with E-state index < -0.39 is 35.0 Å². The predicted octanol–water partition coefficient (Wildman–Crippen LogP) is 1.20. The Morgan fingerprint density at radius 2 is 1.94 bits per heavy atom. The van der Waals surface area contributed by atoms with Gasteiger partial charge in [-0.2, -0.15) is 0 Å². The summed E-state index contributed by atoms with van der Waals surface area (Å²) in [5, 5.41) is 4.61. The smallest absolute Gasteiger partial charge is 0.322 e. The van der Waals surface area contributed by atoms with Crippen molar-refractivity contribution in [1.29, 1.82) is 0 Å². The molecular weight excluding hydrogens is 242 g/mol. The quantitative estimate of drug-likeness (QED) is 0.777. The van der Waals surface area contributed by atoms with Gasteiger partial charge in [-0.15, -0.1) is 0 Å². The maximum Gasteiger partial charge on any atom is 0.322 e. The average Bonchev–Trinajstić information content (AvgIpc) is 3.00. The van der Waals surface area contributed by atoms with Crippen LogP contribution < -0.4 is 10.6 Å². The second kappa shape index (κ2) is 3.51. The van der Waals surface area contributed by atoms with Crippen molar-refractivity contribution in [1.82, 2.24) is 10.6 Å². The van der Waals surface area contributed by atoms with Crippen LogP contribution in [0.15, 0.2) is 18.2 Å².